The number of hydrogen-bond donors (Lipinski definition) is 2. The van der Waals surface area contributed by atoms with Gasteiger partial charge in [0.05, 0.1) is 12.5 Å². The highest BCUT2D eigenvalue weighted by molar-refractivity contribution is 7.89. The van der Waals surface area contributed by atoms with Crippen LogP contribution in [0.25, 0.3) is 10.2 Å². The van der Waals surface area contributed by atoms with Crippen molar-refractivity contribution in [1.82, 2.24) is 14.4 Å². The number of nitrogens with one attached hydrogen (secondary N) is 2. The molecule has 0 radical (unpaired) electrons. The number of fused-ring (bicyclic) bond motifs is 1. The lowest BCUT2D eigenvalue weighted by molar-refractivity contribution is 0.101. The first-order chi connectivity index (χ1) is 13.9. The van der Waals surface area contributed by atoms with Crippen molar-refractivity contribution in [3.8, 4) is 5.75 Å². The van der Waals surface area contributed by atoms with E-state index in [2.05, 4.69) is 15.1 Å². The van der Waals surface area contributed by atoms with Crippen molar-refractivity contribution in [2.45, 2.75) is 38.1 Å². The lowest BCUT2D eigenvalue weighted by atomic mass is 10.1. The molecule has 0 spiro atoms. The zero-order valence-electron chi connectivity index (χ0n) is 17.1. The molecule has 0 aliphatic carbocycles. The maximum Gasteiger partial charge on any atom is 0.281 e. The molecule has 2 N–H and O–H groups in total. The summed E-state index contributed by atoms with van der Waals surface area (Å²) in [6.45, 7) is 6.71. The van der Waals surface area contributed by atoms with Crippen LogP contribution >= 0.6 is 11.3 Å². The normalized spacial score (nSPS) is 12.2. The van der Waals surface area contributed by atoms with Gasteiger partial charge in [0.2, 0.25) is 10.0 Å². The molecule has 0 aliphatic heterocycles. The van der Waals surface area contributed by atoms with Crippen LogP contribution in [0.4, 0.5) is 0 Å². The number of nitrogens with zero attached hydrogens (tertiary/aromatic N) is 2. The summed E-state index contributed by atoms with van der Waals surface area (Å²) in [5, 5.41) is 2.13. The number of aromatic nitrogens is 2. The highest BCUT2D eigenvalue weighted by Crippen LogP contribution is 2.26. The van der Waals surface area contributed by atoms with Crippen LogP contribution in [0, 0.1) is 6.92 Å². The second-order valence-corrected chi connectivity index (χ2v) is 10.1. The fourth-order valence-electron chi connectivity index (χ4n) is 2.80. The molecule has 0 saturated carbocycles. The number of hydrogen-bond acceptors (Lipinski definition) is 7. The molecule has 9 nitrogen and oxygen atoms in total. The molecule has 160 valence electrons. The van der Waals surface area contributed by atoms with E-state index in [4.69, 9.17) is 4.74 Å². The molecule has 1 amide bonds. The van der Waals surface area contributed by atoms with E-state index in [1.54, 1.807) is 39.1 Å². The smallest absolute Gasteiger partial charge is 0.281 e. The lowest BCUT2D eigenvalue weighted by Gasteiger charge is -2.21. The number of methoxy groups -OCH3 is 1. The van der Waals surface area contributed by atoms with Crippen molar-refractivity contribution < 1.29 is 17.9 Å². The van der Waals surface area contributed by atoms with Gasteiger partial charge < -0.3 is 4.74 Å². The summed E-state index contributed by atoms with van der Waals surface area (Å²) in [7, 11) is -2.62. The minimum absolute atomic E-state index is 0.0433. The van der Waals surface area contributed by atoms with Gasteiger partial charge in [0, 0.05) is 11.1 Å². The Labute approximate surface area is 177 Å². The molecule has 0 bridgehead atoms. The van der Waals surface area contributed by atoms with Gasteiger partial charge in [-0.2, -0.15) is 0 Å². The molecule has 0 atom stereocenters. The van der Waals surface area contributed by atoms with Crippen LogP contribution in [0.5, 0.6) is 5.75 Å². The van der Waals surface area contributed by atoms with Crippen molar-refractivity contribution >= 4 is 37.5 Å². The van der Waals surface area contributed by atoms with Gasteiger partial charge in [-0.3, -0.25) is 15.0 Å². The molecule has 3 rings (SSSR count). The van der Waals surface area contributed by atoms with Gasteiger partial charge in [0.1, 0.15) is 21.3 Å². The third kappa shape index (κ3) is 4.37. The summed E-state index contributed by atoms with van der Waals surface area (Å²) in [5.41, 5.74) is 1.39. The Morgan fingerprint density at radius 3 is 2.57 bits per heavy atom. The third-order valence-corrected chi connectivity index (χ3v) is 6.62. The molecule has 2 heterocycles. The van der Waals surface area contributed by atoms with Crippen LogP contribution < -0.4 is 20.4 Å². The van der Waals surface area contributed by atoms with E-state index < -0.39 is 27.0 Å². The van der Waals surface area contributed by atoms with E-state index in [9.17, 15) is 18.0 Å². The Kier molecular flexibility index (Phi) is 5.72. The second-order valence-electron chi connectivity index (χ2n) is 7.60. The maximum absolute atomic E-state index is 12.8. The summed E-state index contributed by atoms with van der Waals surface area (Å²) in [6, 6.07) is 5.65. The number of carbonyl (C=O) groups excluding carboxylic acids is 1. The van der Waals surface area contributed by atoms with Gasteiger partial charge >= 0.3 is 0 Å². The predicted octanol–water partition coefficient (Wildman–Crippen LogP) is 2.24. The minimum Gasteiger partial charge on any atom is -0.495 e. The van der Waals surface area contributed by atoms with Crippen molar-refractivity contribution in [2.24, 2.45) is 0 Å². The van der Waals surface area contributed by atoms with Crippen molar-refractivity contribution in [3.05, 3.63) is 51.4 Å². The monoisotopic (exact) mass is 450 g/mol. The predicted molar refractivity (Wildman–Crippen MR) is 115 cm³/mol. The first-order valence-electron chi connectivity index (χ1n) is 8.93. The average molecular weight is 451 g/mol. The molecule has 0 saturated heterocycles. The Balaban J connectivity index is 2.01. The first-order valence-corrected chi connectivity index (χ1v) is 11.3. The number of ether oxygens (including phenoxy) is 1. The van der Waals surface area contributed by atoms with Gasteiger partial charge in [0.25, 0.3) is 11.5 Å². The molecule has 0 fully saturated rings. The molecule has 1 aromatic carbocycles. The molecule has 3 aromatic rings. The Hall–Kier alpha value is -2.76. The van der Waals surface area contributed by atoms with Crippen LogP contribution in [0.1, 0.15) is 37.0 Å². The zero-order valence-corrected chi connectivity index (χ0v) is 18.8. The quantitative estimate of drug-likeness (QED) is 0.615. The van der Waals surface area contributed by atoms with E-state index in [1.807, 2.05) is 0 Å². The van der Waals surface area contributed by atoms with E-state index in [1.165, 1.54) is 36.6 Å². The highest BCUT2D eigenvalue weighted by Gasteiger charge is 2.26. The van der Waals surface area contributed by atoms with Gasteiger partial charge in [0.15, 0.2) is 0 Å². The van der Waals surface area contributed by atoms with E-state index in [0.717, 1.165) is 4.68 Å². The molecule has 2 aromatic heterocycles. The van der Waals surface area contributed by atoms with E-state index in [0.29, 0.717) is 16.0 Å². The van der Waals surface area contributed by atoms with Crippen molar-refractivity contribution in [3.63, 3.8) is 0 Å². The fraction of sp³-hybridized carbons (Fsp3) is 0.316. The van der Waals surface area contributed by atoms with Crippen LogP contribution in [0.2, 0.25) is 0 Å². The number of thiophene rings is 1. The van der Waals surface area contributed by atoms with Crippen LogP contribution in [-0.4, -0.2) is 36.6 Å². The van der Waals surface area contributed by atoms with Crippen molar-refractivity contribution in [2.75, 3.05) is 12.5 Å². The van der Waals surface area contributed by atoms with Crippen LogP contribution in [-0.2, 0) is 10.0 Å². The molecule has 30 heavy (non-hydrogen) atoms. The lowest BCUT2D eigenvalue weighted by Crippen LogP contribution is -2.40. The fourth-order valence-corrected chi connectivity index (χ4v) is 5.21. The average Bonchev–Trinajstić information content (AvgIpc) is 3.11. The zero-order chi connectivity index (χ0) is 22.3. The minimum atomic E-state index is -3.96. The van der Waals surface area contributed by atoms with Crippen LogP contribution in [0.15, 0.2) is 39.3 Å². The van der Waals surface area contributed by atoms with Gasteiger partial charge in [-0.25, -0.2) is 22.8 Å². The summed E-state index contributed by atoms with van der Waals surface area (Å²) >= 11 is 1.33. The Morgan fingerprint density at radius 1 is 1.23 bits per heavy atom. The standard InChI is InChI=1S/C19H22N4O5S2/c1-11-20-17-13(8-9-29-17)18(25)23(11)21-16(24)12-6-7-14(28-5)15(10-12)30(26,27)22-19(2,3)4/h6-10,22H,1-5H3,(H,21,24). The summed E-state index contributed by atoms with van der Waals surface area (Å²) in [5.74, 6) is -0.261. The number of rotatable bonds is 5. The van der Waals surface area contributed by atoms with Crippen LogP contribution in [0.3, 0.4) is 0 Å². The number of sulfonamides is 1. The van der Waals surface area contributed by atoms with E-state index in [-0.39, 0.29) is 16.2 Å². The molecule has 0 aliphatic rings. The molecule has 11 heteroatoms. The van der Waals surface area contributed by atoms with Crippen molar-refractivity contribution in [1.29, 1.82) is 0 Å². The summed E-state index contributed by atoms with van der Waals surface area (Å²) < 4.78 is 34.3. The number of carbonyl (C=O) groups is 1. The number of amides is 1. The summed E-state index contributed by atoms with van der Waals surface area (Å²) in [6.07, 6.45) is 0. The van der Waals surface area contributed by atoms with Gasteiger partial charge in [-0.15, -0.1) is 11.3 Å². The first kappa shape index (κ1) is 21.9. The topological polar surface area (TPSA) is 119 Å². The second kappa shape index (κ2) is 7.82. The van der Waals surface area contributed by atoms with Gasteiger partial charge in [-0.05, 0) is 57.3 Å². The maximum atomic E-state index is 12.8. The number of benzene rings is 1. The number of aryl methyl sites for hydroxylation is 1. The molecular weight excluding hydrogens is 428 g/mol. The molecular formula is C19H22N4O5S2. The molecule has 0 unspecified atom stereocenters. The van der Waals surface area contributed by atoms with E-state index >= 15 is 0 Å². The largest absolute Gasteiger partial charge is 0.495 e. The Bertz CT molecular complexity index is 1290. The summed E-state index contributed by atoms with van der Waals surface area (Å²) in [4.78, 5) is 30.2. The SMILES string of the molecule is COc1ccc(C(=O)Nn2c(C)nc3sccc3c2=O)cc1S(=O)(=O)NC(C)(C)C. The van der Waals surface area contributed by atoms with Gasteiger partial charge in [-0.1, -0.05) is 0 Å². The third-order valence-electron chi connectivity index (χ3n) is 4.03. The highest BCUT2D eigenvalue weighted by atomic mass is 32.2. The Morgan fingerprint density at radius 2 is 1.93 bits per heavy atom.